The van der Waals surface area contributed by atoms with Crippen molar-refractivity contribution >= 4 is 22.7 Å². The van der Waals surface area contributed by atoms with Crippen LogP contribution in [-0.2, 0) is 6.54 Å². The van der Waals surface area contributed by atoms with E-state index in [0.29, 0.717) is 5.56 Å². The predicted molar refractivity (Wildman–Crippen MR) is 115 cm³/mol. The number of unbranched alkanes of at least 4 members (excludes halogenated alkanes) is 5. The normalized spacial score (nSPS) is 11.1. The Kier molecular flexibility index (Phi) is 6.81. The maximum Gasteiger partial charge on any atom is 0.338 e. The lowest BCUT2D eigenvalue weighted by molar-refractivity contribution is 0.0692. The van der Waals surface area contributed by atoms with Crippen molar-refractivity contribution in [2.75, 3.05) is 0 Å². The molecular weight excluding hydrogens is 364 g/mol. The second-order valence-corrected chi connectivity index (χ2v) is 7.43. The lowest BCUT2D eigenvalue weighted by Crippen LogP contribution is -2.13. The molecule has 3 rings (SSSR count). The largest absolute Gasteiger partial charge is 0.478 e. The van der Waals surface area contributed by atoms with E-state index in [0.717, 1.165) is 29.6 Å². The Hall–Kier alpha value is -2.95. The maximum absolute atomic E-state index is 13.3. The van der Waals surface area contributed by atoms with Gasteiger partial charge in [-0.15, -0.1) is 0 Å². The van der Waals surface area contributed by atoms with E-state index in [1.165, 1.54) is 50.4 Å². The number of benzene rings is 1. The first-order chi connectivity index (χ1) is 14.1. The van der Waals surface area contributed by atoms with Crippen molar-refractivity contribution in [2.45, 2.75) is 58.9 Å². The summed E-state index contributed by atoms with van der Waals surface area (Å²) < 4.78 is 2.19. The summed E-state index contributed by atoms with van der Waals surface area (Å²) >= 11 is 0. The fraction of sp³-hybridized carbons (Fsp3) is 0.375. The van der Waals surface area contributed by atoms with Crippen LogP contribution in [0.15, 0.2) is 42.6 Å². The molecule has 5 nitrogen and oxygen atoms in total. The average Bonchev–Trinajstić information content (AvgIpc) is 3.01. The number of hydrogen-bond donors (Lipinski definition) is 1. The zero-order valence-corrected chi connectivity index (χ0v) is 17.1. The number of aromatic carboxylic acids is 1. The zero-order chi connectivity index (χ0) is 20.8. The minimum Gasteiger partial charge on any atom is -0.478 e. The molecule has 5 heteroatoms. The molecule has 0 aliphatic carbocycles. The Morgan fingerprint density at radius 3 is 2.48 bits per heavy atom. The summed E-state index contributed by atoms with van der Waals surface area (Å²) in [5.74, 6) is -1.48. The molecule has 0 fully saturated rings. The third-order valence-electron chi connectivity index (χ3n) is 5.45. The van der Waals surface area contributed by atoms with E-state index in [9.17, 15) is 14.7 Å². The number of carboxylic acid groups (broad SMARTS) is 1. The molecule has 3 aromatic rings. The van der Waals surface area contributed by atoms with E-state index in [1.807, 2.05) is 31.2 Å². The number of ketones is 1. The van der Waals surface area contributed by atoms with E-state index in [2.05, 4.69) is 16.5 Å². The number of carboxylic acids is 1. The molecule has 2 aromatic heterocycles. The zero-order valence-electron chi connectivity index (χ0n) is 17.1. The third kappa shape index (κ3) is 4.39. The van der Waals surface area contributed by atoms with E-state index >= 15 is 0 Å². The van der Waals surface area contributed by atoms with Crippen molar-refractivity contribution < 1.29 is 14.7 Å². The van der Waals surface area contributed by atoms with Gasteiger partial charge >= 0.3 is 5.97 Å². The Balaban J connectivity index is 1.94. The number of aryl methyl sites for hydroxylation is 1. The number of pyridine rings is 1. The van der Waals surface area contributed by atoms with E-state index in [4.69, 9.17) is 0 Å². The second kappa shape index (κ2) is 9.50. The smallest absolute Gasteiger partial charge is 0.338 e. The minimum atomic E-state index is -1.14. The highest BCUT2D eigenvalue weighted by Gasteiger charge is 2.25. The van der Waals surface area contributed by atoms with Crippen molar-refractivity contribution in [2.24, 2.45) is 0 Å². The molecule has 0 radical (unpaired) electrons. The monoisotopic (exact) mass is 392 g/mol. The van der Waals surface area contributed by atoms with E-state index < -0.39 is 5.97 Å². The Morgan fingerprint density at radius 1 is 1.00 bits per heavy atom. The summed E-state index contributed by atoms with van der Waals surface area (Å²) in [5, 5.41) is 10.3. The summed E-state index contributed by atoms with van der Waals surface area (Å²) in [6.07, 6.45) is 8.69. The van der Waals surface area contributed by atoms with E-state index in [1.54, 1.807) is 0 Å². The average molecular weight is 392 g/mol. The Bertz CT molecular complexity index is 1020. The van der Waals surface area contributed by atoms with Gasteiger partial charge in [0.2, 0.25) is 5.78 Å². The first kappa shape index (κ1) is 20.8. The molecular formula is C24H28N2O3. The summed E-state index contributed by atoms with van der Waals surface area (Å²) in [6, 6.07) is 10.8. The van der Waals surface area contributed by atoms with Gasteiger partial charge in [-0.25, -0.2) is 4.79 Å². The van der Waals surface area contributed by atoms with E-state index in [-0.39, 0.29) is 17.0 Å². The van der Waals surface area contributed by atoms with Crippen LogP contribution in [0.4, 0.5) is 0 Å². The standard InChI is InChI=1S/C24H28N2O3/c1-3-4-5-6-7-10-16-26-17(2)21(18-12-8-9-14-20(18)26)23(27)22-19(24(28)29)13-11-15-25-22/h8-9,11-15H,3-7,10,16H2,1-2H3,(H,28,29). The van der Waals surface area contributed by atoms with Crippen LogP contribution in [-0.4, -0.2) is 26.4 Å². The van der Waals surface area contributed by atoms with Crippen molar-refractivity contribution in [1.29, 1.82) is 0 Å². The van der Waals surface area contributed by atoms with Gasteiger partial charge in [0.1, 0.15) is 5.69 Å². The second-order valence-electron chi connectivity index (χ2n) is 7.43. The highest BCUT2D eigenvalue weighted by Crippen LogP contribution is 2.29. The lowest BCUT2D eigenvalue weighted by Gasteiger charge is -2.09. The van der Waals surface area contributed by atoms with Crippen molar-refractivity contribution in [3.63, 3.8) is 0 Å². The van der Waals surface area contributed by atoms with Crippen molar-refractivity contribution in [1.82, 2.24) is 9.55 Å². The van der Waals surface area contributed by atoms with Crippen molar-refractivity contribution in [3.8, 4) is 0 Å². The predicted octanol–water partition coefficient (Wildman–Crippen LogP) is 5.63. The molecule has 0 saturated heterocycles. The van der Waals surface area contributed by atoms with Crippen LogP contribution < -0.4 is 0 Å². The minimum absolute atomic E-state index is 0.00873. The summed E-state index contributed by atoms with van der Waals surface area (Å²) in [6.45, 7) is 5.00. The van der Waals surface area contributed by atoms with Crippen LogP contribution in [0.2, 0.25) is 0 Å². The fourth-order valence-electron chi connectivity index (χ4n) is 3.93. The molecule has 1 N–H and O–H groups in total. The number of hydrogen-bond acceptors (Lipinski definition) is 3. The number of carbonyl (C=O) groups excluding carboxylic acids is 1. The van der Waals surface area contributed by atoms with Gasteiger partial charge in [0.25, 0.3) is 0 Å². The summed E-state index contributed by atoms with van der Waals surface area (Å²) in [7, 11) is 0. The number of fused-ring (bicyclic) bond motifs is 1. The molecule has 1 aromatic carbocycles. The number of carbonyl (C=O) groups is 2. The van der Waals surface area contributed by atoms with Crippen LogP contribution >= 0.6 is 0 Å². The fourth-order valence-corrected chi connectivity index (χ4v) is 3.93. The lowest BCUT2D eigenvalue weighted by atomic mass is 10.0. The van der Waals surface area contributed by atoms with Gasteiger partial charge in [0, 0.05) is 29.3 Å². The summed E-state index contributed by atoms with van der Waals surface area (Å²) in [5.41, 5.74) is 2.35. The molecule has 0 aliphatic rings. The molecule has 0 amide bonds. The SMILES string of the molecule is CCCCCCCCn1c(C)c(C(=O)c2ncccc2C(=O)O)c2ccccc21. The number of rotatable bonds is 10. The number of aromatic nitrogens is 2. The highest BCUT2D eigenvalue weighted by molar-refractivity contribution is 6.19. The quantitative estimate of drug-likeness (QED) is 0.358. The Morgan fingerprint density at radius 2 is 1.72 bits per heavy atom. The van der Waals surface area contributed by atoms with Gasteiger partial charge < -0.3 is 9.67 Å². The van der Waals surface area contributed by atoms with Crippen LogP contribution in [0.5, 0.6) is 0 Å². The van der Waals surface area contributed by atoms with Crippen LogP contribution in [0.25, 0.3) is 10.9 Å². The van der Waals surface area contributed by atoms with Gasteiger partial charge in [-0.05, 0) is 31.5 Å². The first-order valence-corrected chi connectivity index (χ1v) is 10.4. The van der Waals surface area contributed by atoms with Gasteiger partial charge in [0.05, 0.1) is 11.1 Å². The highest BCUT2D eigenvalue weighted by atomic mass is 16.4. The van der Waals surface area contributed by atoms with Crippen LogP contribution in [0, 0.1) is 6.92 Å². The van der Waals surface area contributed by atoms with Gasteiger partial charge in [0.15, 0.2) is 0 Å². The van der Waals surface area contributed by atoms with Gasteiger partial charge in [-0.1, -0.05) is 57.2 Å². The molecule has 0 unspecified atom stereocenters. The number of para-hydroxylation sites is 1. The maximum atomic E-state index is 13.3. The molecule has 0 bridgehead atoms. The van der Waals surface area contributed by atoms with Crippen LogP contribution in [0.3, 0.4) is 0 Å². The molecule has 0 saturated carbocycles. The Labute approximate surface area is 171 Å². The van der Waals surface area contributed by atoms with Gasteiger partial charge in [-0.2, -0.15) is 0 Å². The van der Waals surface area contributed by atoms with Crippen LogP contribution in [0.1, 0.15) is 77.6 Å². The first-order valence-electron chi connectivity index (χ1n) is 10.4. The molecule has 0 atom stereocenters. The molecule has 0 aliphatic heterocycles. The van der Waals surface area contributed by atoms with Crippen molar-refractivity contribution in [3.05, 3.63) is 65.1 Å². The van der Waals surface area contributed by atoms with Gasteiger partial charge in [-0.3, -0.25) is 9.78 Å². The summed E-state index contributed by atoms with van der Waals surface area (Å²) in [4.78, 5) is 29.0. The molecule has 152 valence electrons. The molecule has 29 heavy (non-hydrogen) atoms. The third-order valence-corrected chi connectivity index (χ3v) is 5.45. The molecule has 2 heterocycles. The number of nitrogens with zero attached hydrogens (tertiary/aromatic N) is 2. The molecule has 0 spiro atoms. The topological polar surface area (TPSA) is 72.2 Å².